The van der Waals surface area contributed by atoms with Crippen LogP contribution in [0.25, 0.3) is 11.0 Å². The van der Waals surface area contributed by atoms with Crippen LogP contribution in [-0.2, 0) is 24.1 Å². The molecule has 0 radical (unpaired) electrons. The number of hydrogen-bond donors (Lipinski definition) is 1. The molecule has 27 heavy (non-hydrogen) atoms. The number of nitrogens with zero attached hydrogens (tertiary/aromatic N) is 5. The topological polar surface area (TPSA) is 77.6 Å². The van der Waals surface area contributed by atoms with Crippen molar-refractivity contribution >= 4 is 22.6 Å². The number of fused-ring (bicyclic) bond motifs is 1. The molecule has 0 aliphatic carbocycles. The predicted octanol–water partition coefficient (Wildman–Crippen LogP) is 3.23. The summed E-state index contributed by atoms with van der Waals surface area (Å²) in [5, 5.41) is 11.0. The second kappa shape index (κ2) is 6.67. The fraction of sp³-hybridized carbons (Fsp3) is 0.412. The van der Waals surface area contributed by atoms with Crippen LogP contribution in [0.15, 0.2) is 12.3 Å². The second-order valence-corrected chi connectivity index (χ2v) is 6.28. The van der Waals surface area contributed by atoms with Gasteiger partial charge >= 0.3 is 6.18 Å². The van der Waals surface area contributed by atoms with Crippen LogP contribution >= 0.6 is 0 Å². The van der Waals surface area contributed by atoms with Crippen molar-refractivity contribution in [1.82, 2.24) is 24.5 Å². The quantitative estimate of drug-likeness (QED) is 0.754. The highest BCUT2D eigenvalue weighted by Crippen LogP contribution is 2.36. The molecule has 0 atom stereocenters. The van der Waals surface area contributed by atoms with E-state index >= 15 is 0 Å². The van der Waals surface area contributed by atoms with E-state index in [9.17, 15) is 18.0 Å². The fourth-order valence-electron chi connectivity index (χ4n) is 2.94. The monoisotopic (exact) mass is 380 g/mol. The molecule has 0 saturated carbocycles. The Morgan fingerprint density at radius 1 is 1.19 bits per heavy atom. The molecule has 7 nitrogen and oxygen atoms in total. The van der Waals surface area contributed by atoms with Crippen LogP contribution in [0.1, 0.15) is 29.6 Å². The Hall–Kier alpha value is -2.91. The Kier molecular flexibility index (Phi) is 4.66. The summed E-state index contributed by atoms with van der Waals surface area (Å²) < 4.78 is 43.0. The highest BCUT2D eigenvalue weighted by molar-refractivity contribution is 5.92. The number of aromatic nitrogens is 5. The van der Waals surface area contributed by atoms with E-state index < -0.39 is 17.6 Å². The molecule has 0 aliphatic rings. The van der Waals surface area contributed by atoms with Crippen LogP contribution < -0.4 is 5.32 Å². The number of nitrogens with one attached hydrogen (secondary N) is 1. The molecular weight excluding hydrogens is 361 g/mol. The van der Waals surface area contributed by atoms with Crippen molar-refractivity contribution in [2.24, 2.45) is 0 Å². The molecule has 3 heterocycles. The number of pyridine rings is 1. The van der Waals surface area contributed by atoms with Crippen LogP contribution in [0.5, 0.6) is 0 Å². The summed E-state index contributed by atoms with van der Waals surface area (Å²) in [6.45, 7) is 7.03. The van der Waals surface area contributed by atoms with Crippen LogP contribution in [0, 0.1) is 20.8 Å². The van der Waals surface area contributed by atoms with Crippen LogP contribution in [0.3, 0.4) is 0 Å². The maximum absolute atomic E-state index is 13.4. The molecule has 0 spiro atoms. The van der Waals surface area contributed by atoms with Crippen LogP contribution in [0.4, 0.5) is 18.9 Å². The predicted molar refractivity (Wildman–Crippen MR) is 93.3 cm³/mol. The van der Waals surface area contributed by atoms with Gasteiger partial charge in [-0.05, 0) is 33.8 Å². The fourth-order valence-corrected chi connectivity index (χ4v) is 2.94. The van der Waals surface area contributed by atoms with E-state index in [4.69, 9.17) is 0 Å². The van der Waals surface area contributed by atoms with Gasteiger partial charge in [0.15, 0.2) is 5.65 Å². The van der Waals surface area contributed by atoms with Crippen molar-refractivity contribution in [3.8, 4) is 0 Å². The zero-order valence-electron chi connectivity index (χ0n) is 15.3. The van der Waals surface area contributed by atoms with Gasteiger partial charge in [-0.3, -0.25) is 9.48 Å². The number of hydrogen-bond acceptors (Lipinski definition) is 4. The molecule has 3 aromatic rings. The first-order valence-corrected chi connectivity index (χ1v) is 8.36. The molecule has 0 unspecified atom stereocenters. The number of alkyl halides is 3. The second-order valence-electron chi connectivity index (χ2n) is 6.28. The first kappa shape index (κ1) is 18.9. The third-order valence-electron chi connectivity index (χ3n) is 4.15. The molecule has 144 valence electrons. The number of anilines is 1. The lowest BCUT2D eigenvalue weighted by Crippen LogP contribution is -2.20. The summed E-state index contributed by atoms with van der Waals surface area (Å²) in [6.07, 6.45) is -2.83. The van der Waals surface area contributed by atoms with Crippen LogP contribution in [-0.4, -0.2) is 30.5 Å². The number of carbonyl (C=O) groups is 1. The highest BCUT2D eigenvalue weighted by atomic mass is 19.4. The van der Waals surface area contributed by atoms with Gasteiger partial charge in [-0.2, -0.15) is 23.4 Å². The Morgan fingerprint density at radius 2 is 1.89 bits per heavy atom. The smallest absolute Gasteiger partial charge is 0.322 e. The van der Waals surface area contributed by atoms with Crippen molar-refractivity contribution in [3.05, 3.63) is 34.9 Å². The van der Waals surface area contributed by atoms with E-state index in [1.54, 1.807) is 17.8 Å². The van der Waals surface area contributed by atoms with Gasteiger partial charge in [-0.15, -0.1) is 0 Å². The molecule has 0 bridgehead atoms. The molecule has 0 aromatic carbocycles. The Labute approximate surface area is 153 Å². The maximum Gasteiger partial charge on any atom is 0.417 e. The number of halogens is 3. The highest BCUT2D eigenvalue weighted by Gasteiger charge is 2.35. The number of amides is 1. The average molecular weight is 380 g/mol. The first-order chi connectivity index (χ1) is 12.6. The average Bonchev–Trinajstić information content (AvgIpc) is 3.06. The number of aryl methyl sites for hydroxylation is 4. The minimum absolute atomic E-state index is 0.0379. The number of carbonyl (C=O) groups excluding carboxylic acids is 1. The Balaban J connectivity index is 1.94. The minimum Gasteiger partial charge on any atom is -0.322 e. The van der Waals surface area contributed by atoms with E-state index in [2.05, 4.69) is 20.5 Å². The summed E-state index contributed by atoms with van der Waals surface area (Å²) >= 11 is 0. The lowest BCUT2D eigenvalue weighted by molar-refractivity contribution is -0.136. The molecule has 10 heteroatoms. The molecule has 0 fully saturated rings. The van der Waals surface area contributed by atoms with Gasteiger partial charge in [0, 0.05) is 18.4 Å². The zero-order valence-corrected chi connectivity index (χ0v) is 15.3. The van der Waals surface area contributed by atoms with Crippen molar-refractivity contribution in [2.45, 2.75) is 47.0 Å². The summed E-state index contributed by atoms with van der Waals surface area (Å²) in [7, 11) is 0. The molecule has 0 saturated heterocycles. The summed E-state index contributed by atoms with van der Waals surface area (Å²) in [5.41, 5.74) is 0.824. The van der Waals surface area contributed by atoms with E-state index in [-0.39, 0.29) is 29.0 Å². The van der Waals surface area contributed by atoms with Gasteiger partial charge in [0.1, 0.15) is 6.54 Å². The first-order valence-electron chi connectivity index (χ1n) is 8.36. The zero-order chi connectivity index (χ0) is 19.9. The van der Waals surface area contributed by atoms with Gasteiger partial charge < -0.3 is 5.32 Å². The third kappa shape index (κ3) is 3.64. The molecule has 1 amide bonds. The summed E-state index contributed by atoms with van der Waals surface area (Å²) in [5.74, 6) is -0.421. The van der Waals surface area contributed by atoms with Crippen LogP contribution in [0.2, 0.25) is 0 Å². The number of rotatable bonds is 4. The standard InChI is InChI=1S/C17H19F3N6O/c1-5-25-7-13(10(3)23-25)22-14(27)8-26-16-15(11(4)24-26)12(17(18,19)20)6-9(2)21-16/h6-7H,5,8H2,1-4H3,(H,22,27). The van der Waals surface area contributed by atoms with E-state index in [0.717, 1.165) is 6.07 Å². The van der Waals surface area contributed by atoms with Gasteiger partial charge in [0.25, 0.3) is 0 Å². The van der Waals surface area contributed by atoms with Crippen molar-refractivity contribution < 1.29 is 18.0 Å². The Bertz CT molecular complexity index is 1020. The maximum atomic E-state index is 13.4. The van der Waals surface area contributed by atoms with E-state index in [1.807, 2.05) is 6.92 Å². The molecule has 0 aliphatic heterocycles. The lowest BCUT2D eigenvalue weighted by atomic mass is 10.1. The summed E-state index contributed by atoms with van der Waals surface area (Å²) in [6, 6.07) is 0.990. The van der Waals surface area contributed by atoms with Gasteiger partial charge in [-0.25, -0.2) is 9.67 Å². The minimum atomic E-state index is -4.53. The van der Waals surface area contributed by atoms with Crippen molar-refractivity contribution in [3.63, 3.8) is 0 Å². The van der Waals surface area contributed by atoms with E-state index in [1.165, 1.54) is 18.5 Å². The molecule has 1 N–H and O–H groups in total. The van der Waals surface area contributed by atoms with E-state index in [0.29, 0.717) is 17.9 Å². The van der Waals surface area contributed by atoms with Crippen molar-refractivity contribution in [1.29, 1.82) is 0 Å². The van der Waals surface area contributed by atoms with Crippen molar-refractivity contribution in [2.75, 3.05) is 5.32 Å². The SMILES string of the molecule is CCn1cc(NC(=O)Cn2nc(C)c3c(C(F)(F)F)cc(C)nc32)c(C)n1. The Morgan fingerprint density at radius 3 is 2.48 bits per heavy atom. The van der Waals surface area contributed by atoms with Gasteiger partial charge in [0.2, 0.25) is 5.91 Å². The lowest BCUT2D eigenvalue weighted by Gasteiger charge is -2.10. The molecular formula is C17H19F3N6O. The van der Waals surface area contributed by atoms with Gasteiger partial charge in [0.05, 0.1) is 28.0 Å². The molecule has 3 rings (SSSR count). The largest absolute Gasteiger partial charge is 0.417 e. The third-order valence-corrected chi connectivity index (χ3v) is 4.15. The van der Waals surface area contributed by atoms with Gasteiger partial charge in [-0.1, -0.05) is 0 Å². The normalized spacial score (nSPS) is 12.0. The summed E-state index contributed by atoms with van der Waals surface area (Å²) in [4.78, 5) is 16.6. The molecule has 3 aromatic heterocycles.